The lowest BCUT2D eigenvalue weighted by Gasteiger charge is -2.05. The molecule has 0 aliphatic heterocycles. The number of aromatic hydroxyl groups is 1. The van der Waals surface area contributed by atoms with Crippen LogP contribution in [0.3, 0.4) is 0 Å². The highest BCUT2D eigenvalue weighted by molar-refractivity contribution is 6.32. The highest BCUT2D eigenvalue weighted by Gasteiger charge is 2.11. The van der Waals surface area contributed by atoms with E-state index in [1.165, 1.54) is 13.0 Å². The van der Waals surface area contributed by atoms with Crippen LogP contribution in [0.5, 0.6) is 5.75 Å². The Morgan fingerprint density at radius 1 is 1.50 bits per heavy atom. The fourth-order valence-corrected chi connectivity index (χ4v) is 1.27. The third kappa shape index (κ3) is 1.43. The first kappa shape index (κ1) is 9.07. The summed E-state index contributed by atoms with van der Waals surface area (Å²) < 4.78 is 0. The van der Waals surface area contributed by atoms with Crippen LogP contribution in [0.1, 0.15) is 22.8 Å². The van der Waals surface area contributed by atoms with Gasteiger partial charge in [-0.3, -0.25) is 4.79 Å². The summed E-state index contributed by atoms with van der Waals surface area (Å²) in [7, 11) is 0. The number of halogens is 1. The molecule has 0 unspecified atom stereocenters. The van der Waals surface area contributed by atoms with Crippen molar-refractivity contribution in [2.24, 2.45) is 0 Å². The number of rotatable bonds is 1. The van der Waals surface area contributed by atoms with E-state index in [9.17, 15) is 9.90 Å². The second kappa shape index (κ2) is 3.15. The van der Waals surface area contributed by atoms with Crippen molar-refractivity contribution in [3.05, 3.63) is 28.3 Å². The van der Waals surface area contributed by atoms with E-state index in [0.29, 0.717) is 16.1 Å². The maximum absolute atomic E-state index is 11.0. The van der Waals surface area contributed by atoms with Crippen LogP contribution in [-0.4, -0.2) is 10.9 Å². The zero-order valence-electron chi connectivity index (χ0n) is 6.89. The average Bonchev–Trinajstić information content (AvgIpc) is 1.97. The van der Waals surface area contributed by atoms with Crippen LogP contribution in [-0.2, 0) is 0 Å². The Labute approximate surface area is 75.8 Å². The van der Waals surface area contributed by atoms with Gasteiger partial charge in [0.05, 0.1) is 5.56 Å². The van der Waals surface area contributed by atoms with Gasteiger partial charge in [0.2, 0.25) is 0 Å². The first-order valence-electron chi connectivity index (χ1n) is 3.53. The zero-order valence-corrected chi connectivity index (χ0v) is 7.64. The largest absolute Gasteiger partial charge is 0.507 e. The minimum Gasteiger partial charge on any atom is -0.507 e. The number of ketones is 1. The predicted octanol–water partition coefficient (Wildman–Crippen LogP) is 2.56. The van der Waals surface area contributed by atoms with Crippen molar-refractivity contribution in [1.82, 2.24) is 0 Å². The molecule has 0 saturated heterocycles. The average molecular weight is 185 g/mol. The third-order valence-electron chi connectivity index (χ3n) is 1.73. The lowest BCUT2D eigenvalue weighted by Crippen LogP contribution is -1.96. The topological polar surface area (TPSA) is 37.3 Å². The summed E-state index contributed by atoms with van der Waals surface area (Å²) in [5.41, 5.74) is 0.937. The Hall–Kier alpha value is -1.02. The molecule has 0 aromatic heterocycles. The van der Waals surface area contributed by atoms with E-state index >= 15 is 0 Å². The lowest BCUT2D eigenvalue weighted by atomic mass is 10.0. The lowest BCUT2D eigenvalue weighted by molar-refractivity contribution is 0.101. The number of carbonyl (C=O) groups excluding carboxylic acids is 1. The van der Waals surface area contributed by atoms with Gasteiger partial charge in [0, 0.05) is 5.02 Å². The first-order valence-corrected chi connectivity index (χ1v) is 3.91. The van der Waals surface area contributed by atoms with Crippen molar-refractivity contribution in [1.29, 1.82) is 0 Å². The number of phenolic OH excluding ortho intramolecular Hbond substituents is 1. The summed E-state index contributed by atoms with van der Waals surface area (Å²) in [6, 6.07) is 2.99. The number of hydrogen-bond donors (Lipinski definition) is 1. The van der Waals surface area contributed by atoms with Crippen molar-refractivity contribution in [2.75, 3.05) is 0 Å². The van der Waals surface area contributed by atoms with Gasteiger partial charge < -0.3 is 5.11 Å². The van der Waals surface area contributed by atoms with Crippen molar-refractivity contribution in [3.63, 3.8) is 0 Å². The maximum atomic E-state index is 11.0. The molecule has 0 spiro atoms. The van der Waals surface area contributed by atoms with Crippen LogP contribution in [0.4, 0.5) is 0 Å². The Morgan fingerprint density at radius 3 is 2.50 bits per heavy atom. The van der Waals surface area contributed by atoms with Gasteiger partial charge in [-0.2, -0.15) is 0 Å². The molecule has 2 nitrogen and oxygen atoms in total. The molecule has 0 saturated carbocycles. The Morgan fingerprint density at radius 2 is 2.08 bits per heavy atom. The summed E-state index contributed by atoms with van der Waals surface area (Å²) in [5.74, 6) is -0.183. The van der Waals surface area contributed by atoms with Crippen LogP contribution < -0.4 is 0 Å². The van der Waals surface area contributed by atoms with Gasteiger partial charge in [0.15, 0.2) is 5.78 Å². The maximum Gasteiger partial charge on any atom is 0.163 e. The normalized spacial score (nSPS) is 9.92. The standard InChI is InChI=1S/C9H9ClO2/c1-5-7(10)3-4-8(12)9(5)6(2)11/h3-4,12H,1-2H3. The van der Waals surface area contributed by atoms with Gasteiger partial charge in [0.25, 0.3) is 0 Å². The summed E-state index contributed by atoms with van der Waals surface area (Å²) in [4.78, 5) is 11.0. The molecule has 1 N–H and O–H groups in total. The Kier molecular flexibility index (Phi) is 2.38. The van der Waals surface area contributed by atoms with Gasteiger partial charge in [-0.1, -0.05) is 11.6 Å². The van der Waals surface area contributed by atoms with E-state index in [1.807, 2.05) is 0 Å². The molecule has 1 aromatic rings. The number of carbonyl (C=O) groups is 1. The fraction of sp³-hybridized carbons (Fsp3) is 0.222. The second-order valence-corrected chi connectivity index (χ2v) is 3.03. The van der Waals surface area contributed by atoms with E-state index in [2.05, 4.69) is 0 Å². The smallest absolute Gasteiger partial charge is 0.163 e. The summed E-state index contributed by atoms with van der Waals surface area (Å²) in [6.45, 7) is 3.11. The summed E-state index contributed by atoms with van der Waals surface area (Å²) in [6.07, 6.45) is 0. The number of phenols is 1. The molecule has 0 aliphatic carbocycles. The SMILES string of the molecule is CC(=O)c1c(O)ccc(Cl)c1C. The van der Waals surface area contributed by atoms with Gasteiger partial charge in [-0.05, 0) is 31.5 Å². The van der Waals surface area contributed by atoms with E-state index < -0.39 is 0 Å². The van der Waals surface area contributed by atoms with Crippen LogP contribution in [0.15, 0.2) is 12.1 Å². The van der Waals surface area contributed by atoms with Crippen LogP contribution in [0, 0.1) is 6.92 Å². The highest BCUT2D eigenvalue weighted by Crippen LogP contribution is 2.27. The zero-order chi connectivity index (χ0) is 9.30. The van der Waals surface area contributed by atoms with Gasteiger partial charge in [-0.25, -0.2) is 0 Å². The molecular weight excluding hydrogens is 176 g/mol. The minimum absolute atomic E-state index is 0.00981. The van der Waals surface area contributed by atoms with Crippen molar-refractivity contribution >= 4 is 17.4 Å². The molecule has 0 aliphatic rings. The predicted molar refractivity (Wildman–Crippen MR) is 47.9 cm³/mol. The first-order chi connectivity index (χ1) is 5.54. The third-order valence-corrected chi connectivity index (χ3v) is 2.14. The van der Waals surface area contributed by atoms with Crippen molar-refractivity contribution < 1.29 is 9.90 Å². The van der Waals surface area contributed by atoms with Crippen LogP contribution in [0.2, 0.25) is 5.02 Å². The highest BCUT2D eigenvalue weighted by atomic mass is 35.5. The molecule has 0 fully saturated rings. The molecule has 12 heavy (non-hydrogen) atoms. The molecular formula is C9H9ClO2. The molecule has 0 atom stereocenters. The van der Waals surface area contributed by atoms with E-state index in [-0.39, 0.29) is 11.5 Å². The molecule has 3 heteroatoms. The molecule has 1 aromatic carbocycles. The number of benzene rings is 1. The van der Waals surface area contributed by atoms with E-state index in [1.54, 1.807) is 13.0 Å². The van der Waals surface area contributed by atoms with Crippen LogP contribution >= 0.6 is 11.6 Å². The number of Topliss-reactive ketones (excluding diaryl/α,β-unsaturated/α-hetero) is 1. The van der Waals surface area contributed by atoms with Crippen molar-refractivity contribution in [2.45, 2.75) is 13.8 Å². The molecule has 0 amide bonds. The monoisotopic (exact) mass is 184 g/mol. The summed E-state index contributed by atoms with van der Waals surface area (Å²) in [5, 5.41) is 9.80. The Bertz CT molecular complexity index is 332. The number of hydrogen-bond acceptors (Lipinski definition) is 2. The molecule has 1 rings (SSSR count). The minimum atomic E-state index is -0.174. The second-order valence-electron chi connectivity index (χ2n) is 2.62. The Balaban J connectivity index is 3.43. The molecule has 0 heterocycles. The van der Waals surface area contributed by atoms with E-state index in [0.717, 1.165) is 0 Å². The van der Waals surface area contributed by atoms with Gasteiger partial charge in [-0.15, -0.1) is 0 Å². The van der Waals surface area contributed by atoms with Gasteiger partial charge >= 0.3 is 0 Å². The molecule has 0 radical (unpaired) electrons. The van der Waals surface area contributed by atoms with Gasteiger partial charge in [0.1, 0.15) is 5.75 Å². The van der Waals surface area contributed by atoms with E-state index in [4.69, 9.17) is 11.6 Å². The van der Waals surface area contributed by atoms with Crippen molar-refractivity contribution in [3.8, 4) is 5.75 Å². The molecule has 64 valence electrons. The summed E-state index contributed by atoms with van der Waals surface area (Å²) >= 11 is 5.77. The molecule has 0 bridgehead atoms. The fourth-order valence-electron chi connectivity index (χ4n) is 1.12. The quantitative estimate of drug-likeness (QED) is 0.682. The van der Waals surface area contributed by atoms with Crippen LogP contribution in [0.25, 0.3) is 0 Å².